The number of carbonyl (C=O) groups excluding carboxylic acids is 1. The number of hydrogen-bond donors (Lipinski definition) is 2. The maximum Gasteiger partial charge on any atom is 0.258 e. The van der Waals surface area contributed by atoms with E-state index in [-0.39, 0.29) is 16.4 Å². The highest BCUT2D eigenvalue weighted by molar-refractivity contribution is 9.10. The van der Waals surface area contributed by atoms with Gasteiger partial charge in [-0.2, -0.15) is 0 Å². The van der Waals surface area contributed by atoms with Gasteiger partial charge < -0.3 is 5.32 Å². The van der Waals surface area contributed by atoms with Crippen LogP contribution in [0.15, 0.2) is 45.8 Å². The van der Waals surface area contributed by atoms with E-state index < -0.39 is 15.9 Å². The van der Waals surface area contributed by atoms with Crippen molar-refractivity contribution in [1.29, 1.82) is 0 Å². The molecule has 1 aromatic heterocycles. The number of aromatic nitrogens is 1. The topological polar surface area (TPSA) is 88.2 Å². The van der Waals surface area contributed by atoms with E-state index in [9.17, 15) is 13.2 Å². The second-order valence-electron chi connectivity index (χ2n) is 6.01. The van der Waals surface area contributed by atoms with E-state index in [1.54, 1.807) is 18.2 Å². The lowest BCUT2D eigenvalue weighted by atomic mass is 10.2. The number of anilines is 1. The summed E-state index contributed by atoms with van der Waals surface area (Å²) in [6, 6.07) is 9.61. The zero-order valence-corrected chi connectivity index (χ0v) is 16.6. The Morgan fingerprint density at radius 3 is 2.60 bits per heavy atom. The minimum Gasteiger partial charge on any atom is -0.307 e. The number of aryl methyl sites for hydroxylation is 1. The molecule has 0 saturated carbocycles. The second-order valence-corrected chi connectivity index (χ2v) is 8.63. The number of pyridine rings is 1. The summed E-state index contributed by atoms with van der Waals surface area (Å²) >= 11 is 3.29. The first-order valence-corrected chi connectivity index (χ1v) is 10.0. The average molecular weight is 426 g/mol. The Morgan fingerprint density at radius 1 is 1.24 bits per heavy atom. The Bertz CT molecular complexity index is 882. The molecule has 0 atom stereocenters. The molecule has 0 aliphatic rings. The van der Waals surface area contributed by atoms with Crippen LogP contribution in [0.1, 0.15) is 29.9 Å². The molecular formula is C17H20BrN3O3S. The number of sulfonamides is 1. The van der Waals surface area contributed by atoms with Gasteiger partial charge in [0.2, 0.25) is 10.0 Å². The van der Waals surface area contributed by atoms with Gasteiger partial charge in [-0.15, -0.1) is 0 Å². The minimum atomic E-state index is -3.67. The van der Waals surface area contributed by atoms with Crippen LogP contribution in [0.2, 0.25) is 0 Å². The van der Waals surface area contributed by atoms with Crippen molar-refractivity contribution >= 4 is 37.7 Å². The van der Waals surface area contributed by atoms with Gasteiger partial charge in [0, 0.05) is 16.7 Å². The van der Waals surface area contributed by atoms with Crippen LogP contribution >= 0.6 is 15.9 Å². The number of nitrogens with one attached hydrogen (secondary N) is 2. The fourth-order valence-electron chi connectivity index (χ4n) is 2.00. The van der Waals surface area contributed by atoms with Crippen molar-refractivity contribution in [2.45, 2.75) is 25.7 Å². The minimum absolute atomic E-state index is 0.0405. The molecule has 0 fully saturated rings. The first kappa shape index (κ1) is 19.6. The number of hydrogen-bond acceptors (Lipinski definition) is 4. The molecule has 0 spiro atoms. The summed E-state index contributed by atoms with van der Waals surface area (Å²) in [5.41, 5.74) is 0.988. The van der Waals surface area contributed by atoms with Crippen molar-refractivity contribution in [1.82, 2.24) is 9.71 Å². The van der Waals surface area contributed by atoms with Gasteiger partial charge in [0.1, 0.15) is 5.82 Å². The molecule has 6 nitrogen and oxygen atoms in total. The molecule has 0 unspecified atom stereocenters. The van der Waals surface area contributed by atoms with E-state index in [4.69, 9.17) is 0 Å². The van der Waals surface area contributed by atoms with Crippen molar-refractivity contribution in [3.63, 3.8) is 0 Å². The van der Waals surface area contributed by atoms with Gasteiger partial charge in [-0.1, -0.05) is 19.9 Å². The van der Waals surface area contributed by atoms with Gasteiger partial charge >= 0.3 is 0 Å². The largest absolute Gasteiger partial charge is 0.307 e. The number of rotatable bonds is 6. The Labute approximate surface area is 156 Å². The molecule has 2 rings (SSSR count). The quantitative estimate of drug-likeness (QED) is 0.742. The highest BCUT2D eigenvalue weighted by atomic mass is 79.9. The van der Waals surface area contributed by atoms with E-state index in [1.165, 1.54) is 12.1 Å². The third-order valence-corrected chi connectivity index (χ3v) is 5.42. The fourth-order valence-corrected chi connectivity index (χ4v) is 3.67. The van der Waals surface area contributed by atoms with Crippen molar-refractivity contribution in [3.8, 4) is 0 Å². The number of amides is 1. The molecule has 8 heteroatoms. The smallest absolute Gasteiger partial charge is 0.258 e. The highest BCUT2D eigenvalue weighted by Crippen LogP contribution is 2.22. The Morgan fingerprint density at radius 2 is 1.96 bits per heavy atom. The van der Waals surface area contributed by atoms with Gasteiger partial charge in [-0.25, -0.2) is 18.1 Å². The first-order chi connectivity index (χ1) is 11.7. The molecule has 1 heterocycles. The lowest BCUT2D eigenvalue weighted by Gasteiger charge is -2.11. The summed E-state index contributed by atoms with van der Waals surface area (Å²) in [5.74, 6) is 0.148. The fraction of sp³-hybridized carbons (Fsp3) is 0.294. The standard InChI is InChI=1S/C17H20BrN3O3S/c1-11(2)10-19-25(23,24)13-7-8-15(18)14(9-13)17(22)21-16-6-4-5-12(3)20-16/h4-9,11,19H,10H2,1-3H3,(H,20,21,22). The average Bonchev–Trinajstić information content (AvgIpc) is 2.53. The maximum atomic E-state index is 12.5. The van der Waals surface area contributed by atoms with E-state index >= 15 is 0 Å². The summed E-state index contributed by atoms with van der Waals surface area (Å²) in [4.78, 5) is 16.7. The summed E-state index contributed by atoms with van der Waals surface area (Å²) < 4.78 is 27.7. The normalized spacial score (nSPS) is 11.6. The predicted molar refractivity (Wildman–Crippen MR) is 101 cm³/mol. The maximum absolute atomic E-state index is 12.5. The lowest BCUT2D eigenvalue weighted by molar-refractivity contribution is 0.102. The van der Waals surface area contributed by atoms with Crippen molar-refractivity contribution in [3.05, 3.63) is 52.1 Å². The van der Waals surface area contributed by atoms with E-state index in [0.717, 1.165) is 5.69 Å². The van der Waals surface area contributed by atoms with Crippen molar-refractivity contribution in [2.24, 2.45) is 5.92 Å². The molecule has 2 aromatic rings. The summed E-state index contributed by atoms with van der Waals surface area (Å²) in [5, 5.41) is 2.67. The van der Waals surface area contributed by atoms with E-state index in [2.05, 4.69) is 31.0 Å². The number of nitrogens with zero attached hydrogens (tertiary/aromatic N) is 1. The van der Waals surface area contributed by atoms with Gasteiger partial charge in [0.25, 0.3) is 5.91 Å². The summed E-state index contributed by atoms with van der Waals surface area (Å²) in [6.45, 7) is 5.97. The van der Waals surface area contributed by atoms with Crippen molar-refractivity contribution in [2.75, 3.05) is 11.9 Å². The van der Waals surface area contributed by atoms with Gasteiger partial charge in [0.15, 0.2) is 0 Å². The van der Waals surface area contributed by atoms with Gasteiger partial charge in [0.05, 0.1) is 10.5 Å². The van der Waals surface area contributed by atoms with Crippen LogP contribution in [0, 0.1) is 12.8 Å². The molecule has 0 radical (unpaired) electrons. The second kappa shape index (κ2) is 8.07. The molecule has 0 bridgehead atoms. The molecule has 25 heavy (non-hydrogen) atoms. The van der Waals surface area contributed by atoms with Crippen LogP contribution in [0.4, 0.5) is 5.82 Å². The van der Waals surface area contributed by atoms with E-state index in [0.29, 0.717) is 16.8 Å². The van der Waals surface area contributed by atoms with Crippen LogP contribution in [0.3, 0.4) is 0 Å². The molecule has 2 N–H and O–H groups in total. The Balaban J connectivity index is 2.28. The SMILES string of the molecule is Cc1cccc(NC(=O)c2cc(S(=O)(=O)NCC(C)C)ccc2Br)n1. The first-order valence-electron chi connectivity index (χ1n) is 7.73. The van der Waals surface area contributed by atoms with E-state index in [1.807, 2.05) is 26.8 Å². The lowest BCUT2D eigenvalue weighted by Crippen LogP contribution is -2.27. The van der Waals surface area contributed by atoms with Crippen LogP contribution in [-0.4, -0.2) is 25.9 Å². The van der Waals surface area contributed by atoms with Crippen LogP contribution in [-0.2, 0) is 10.0 Å². The highest BCUT2D eigenvalue weighted by Gasteiger charge is 2.19. The number of halogens is 1. The van der Waals surface area contributed by atoms with Crippen LogP contribution < -0.4 is 10.0 Å². The van der Waals surface area contributed by atoms with Crippen molar-refractivity contribution < 1.29 is 13.2 Å². The predicted octanol–water partition coefficient (Wildman–Crippen LogP) is 3.34. The Kier molecular flexibility index (Phi) is 6.31. The summed E-state index contributed by atoms with van der Waals surface area (Å²) in [6.07, 6.45) is 0. The number of benzene rings is 1. The number of carbonyl (C=O) groups is 1. The van der Waals surface area contributed by atoms with Crippen LogP contribution in [0.5, 0.6) is 0 Å². The van der Waals surface area contributed by atoms with Gasteiger partial charge in [-0.3, -0.25) is 4.79 Å². The summed E-state index contributed by atoms with van der Waals surface area (Å²) in [7, 11) is -3.67. The molecule has 0 saturated heterocycles. The zero-order valence-electron chi connectivity index (χ0n) is 14.2. The monoisotopic (exact) mass is 425 g/mol. The zero-order chi connectivity index (χ0) is 18.6. The Hall–Kier alpha value is -1.77. The third kappa shape index (κ3) is 5.35. The van der Waals surface area contributed by atoms with Gasteiger partial charge in [-0.05, 0) is 59.1 Å². The molecule has 1 aromatic carbocycles. The molecule has 0 aliphatic carbocycles. The molecule has 1 amide bonds. The molecule has 134 valence electrons. The molecular weight excluding hydrogens is 406 g/mol. The molecule has 0 aliphatic heterocycles. The third-order valence-electron chi connectivity index (χ3n) is 3.30. The van der Waals surface area contributed by atoms with Crippen LogP contribution in [0.25, 0.3) is 0 Å².